The van der Waals surface area contributed by atoms with Gasteiger partial charge in [-0.25, -0.2) is 0 Å². The van der Waals surface area contributed by atoms with E-state index in [1.54, 1.807) is 18.1 Å². The predicted molar refractivity (Wildman–Crippen MR) is 81.6 cm³/mol. The second-order valence-electron chi connectivity index (χ2n) is 5.56. The van der Waals surface area contributed by atoms with Crippen molar-refractivity contribution in [1.82, 2.24) is 14.8 Å². The van der Waals surface area contributed by atoms with Gasteiger partial charge in [0, 0.05) is 42.8 Å². The number of aryl methyl sites for hydroxylation is 2. The molecular formula is C16H20N4O. The summed E-state index contributed by atoms with van der Waals surface area (Å²) in [5.41, 5.74) is 3.45. The molecule has 2 aromatic heterocycles. The van der Waals surface area contributed by atoms with E-state index in [0.29, 0.717) is 11.6 Å². The first-order valence-corrected chi connectivity index (χ1v) is 7.38. The summed E-state index contributed by atoms with van der Waals surface area (Å²) in [6.07, 6.45) is 4.13. The molecule has 1 saturated carbocycles. The summed E-state index contributed by atoms with van der Waals surface area (Å²) in [5, 5.41) is 4.47. The maximum atomic E-state index is 12.6. The molecule has 0 aromatic carbocycles. The summed E-state index contributed by atoms with van der Waals surface area (Å²) in [7, 11) is 1.78. The van der Waals surface area contributed by atoms with Gasteiger partial charge in [-0.1, -0.05) is 0 Å². The fourth-order valence-electron chi connectivity index (χ4n) is 2.53. The van der Waals surface area contributed by atoms with Crippen LogP contribution in [0, 0.1) is 6.92 Å². The zero-order valence-electron chi connectivity index (χ0n) is 12.7. The number of pyridine rings is 1. The summed E-state index contributed by atoms with van der Waals surface area (Å²) in [5.74, 6) is 0.516. The Hall–Kier alpha value is -2.17. The van der Waals surface area contributed by atoms with Gasteiger partial charge < -0.3 is 4.90 Å². The lowest BCUT2D eigenvalue weighted by Crippen LogP contribution is -2.26. The Labute approximate surface area is 124 Å². The average Bonchev–Trinajstić information content (AvgIpc) is 3.24. The van der Waals surface area contributed by atoms with Crippen LogP contribution in [0.2, 0.25) is 0 Å². The van der Waals surface area contributed by atoms with E-state index in [9.17, 15) is 4.79 Å². The third kappa shape index (κ3) is 2.68. The van der Waals surface area contributed by atoms with Crippen LogP contribution in [-0.4, -0.2) is 27.7 Å². The summed E-state index contributed by atoms with van der Waals surface area (Å²) < 4.78 is 1.95. The molecule has 0 N–H and O–H groups in total. The molecule has 0 bridgehead atoms. The standard InChI is InChI=1S/C16H20N4O/c1-4-20-15(12-5-6-12)10-14(18-20)16(21)19(3)13-7-8-17-11(2)9-13/h7-10,12H,4-6H2,1-3H3. The second-order valence-corrected chi connectivity index (χ2v) is 5.56. The summed E-state index contributed by atoms with van der Waals surface area (Å²) in [6.45, 7) is 4.78. The van der Waals surface area contributed by atoms with Crippen molar-refractivity contribution in [3.8, 4) is 0 Å². The van der Waals surface area contributed by atoms with Crippen LogP contribution in [-0.2, 0) is 6.54 Å². The van der Waals surface area contributed by atoms with Crippen LogP contribution in [0.1, 0.15) is 47.6 Å². The van der Waals surface area contributed by atoms with Gasteiger partial charge in [0.05, 0.1) is 0 Å². The number of carbonyl (C=O) groups is 1. The Bertz CT molecular complexity index is 673. The molecule has 110 valence electrons. The highest BCUT2D eigenvalue weighted by Crippen LogP contribution is 2.40. The number of anilines is 1. The summed E-state index contributed by atoms with van der Waals surface area (Å²) in [6, 6.07) is 5.69. The number of amides is 1. The van der Waals surface area contributed by atoms with Crippen molar-refractivity contribution in [2.45, 2.75) is 39.2 Å². The Morgan fingerprint density at radius 1 is 1.43 bits per heavy atom. The van der Waals surface area contributed by atoms with Crippen LogP contribution in [0.15, 0.2) is 24.4 Å². The van der Waals surface area contributed by atoms with E-state index < -0.39 is 0 Å². The molecule has 1 fully saturated rings. The molecule has 0 atom stereocenters. The van der Waals surface area contributed by atoms with Gasteiger partial charge in [0.2, 0.25) is 0 Å². The molecular weight excluding hydrogens is 264 g/mol. The number of hydrogen-bond donors (Lipinski definition) is 0. The third-order valence-corrected chi connectivity index (χ3v) is 3.90. The molecule has 2 heterocycles. The van der Waals surface area contributed by atoms with Gasteiger partial charge in [0.1, 0.15) is 0 Å². The smallest absolute Gasteiger partial charge is 0.278 e. The maximum absolute atomic E-state index is 12.6. The number of aromatic nitrogens is 3. The van der Waals surface area contributed by atoms with Crippen molar-refractivity contribution in [2.24, 2.45) is 0 Å². The lowest BCUT2D eigenvalue weighted by Gasteiger charge is -2.16. The van der Waals surface area contributed by atoms with E-state index in [4.69, 9.17) is 0 Å². The SMILES string of the molecule is CCn1nc(C(=O)N(C)c2ccnc(C)c2)cc1C1CC1. The van der Waals surface area contributed by atoms with Crippen molar-refractivity contribution in [3.63, 3.8) is 0 Å². The fourth-order valence-corrected chi connectivity index (χ4v) is 2.53. The van der Waals surface area contributed by atoms with Crippen molar-refractivity contribution in [2.75, 3.05) is 11.9 Å². The van der Waals surface area contributed by atoms with E-state index in [1.807, 2.05) is 29.8 Å². The minimum atomic E-state index is -0.0744. The van der Waals surface area contributed by atoms with Crippen LogP contribution in [0.3, 0.4) is 0 Å². The quantitative estimate of drug-likeness (QED) is 0.867. The molecule has 0 unspecified atom stereocenters. The van der Waals surface area contributed by atoms with Crippen LogP contribution < -0.4 is 4.90 Å². The highest BCUT2D eigenvalue weighted by molar-refractivity contribution is 6.04. The fraction of sp³-hybridized carbons (Fsp3) is 0.438. The van der Waals surface area contributed by atoms with Crippen molar-refractivity contribution >= 4 is 11.6 Å². The van der Waals surface area contributed by atoms with E-state index in [-0.39, 0.29) is 5.91 Å². The van der Waals surface area contributed by atoms with Gasteiger partial charge in [-0.2, -0.15) is 5.10 Å². The molecule has 1 aliphatic rings. The first kappa shape index (κ1) is 13.8. The Morgan fingerprint density at radius 2 is 2.19 bits per heavy atom. The van der Waals surface area contributed by atoms with Crippen molar-refractivity contribution in [1.29, 1.82) is 0 Å². The number of hydrogen-bond acceptors (Lipinski definition) is 3. The molecule has 2 aromatic rings. The van der Waals surface area contributed by atoms with Gasteiger partial charge in [-0.3, -0.25) is 14.5 Å². The van der Waals surface area contributed by atoms with Gasteiger partial charge in [0.25, 0.3) is 5.91 Å². The topological polar surface area (TPSA) is 51.0 Å². The number of rotatable bonds is 4. The monoisotopic (exact) mass is 284 g/mol. The molecule has 0 aliphatic heterocycles. The van der Waals surface area contributed by atoms with Crippen LogP contribution in [0.5, 0.6) is 0 Å². The zero-order chi connectivity index (χ0) is 15.0. The molecule has 1 aliphatic carbocycles. The molecule has 0 spiro atoms. The van der Waals surface area contributed by atoms with E-state index in [1.165, 1.54) is 18.5 Å². The molecule has 5 nitrogen and oxygen atoms in total. The lowest BCUT2D eigenvalue weighted by atomic mass is 10.2. The molecule has 1 amide bonds. The zero-order valence-corrected chi connectivity index (χ0v) is 12.7. The molecule has 21 heavy (non-hydrogen) atoms. The highest BCUT2D eigenvalue weighted by Gasteiger charge is 2.29. The van der Waals surface area contributed by atoms with Gasteiger partial charge in [0.15, 0.2) is 5.69 Å². The molecule has 0 radical (unpaired) electrons. The Balaban J connectivity index is 1.87. The van der Waals surface area contributed by atoms with Gasteiger partial charge >= 0.3 is 0 Å². The minimum Gasteiger partial charge on any atom is -0.310 e. The van der Waals surface area contributed by atoms with Crippen molar-refractivity contribution < 1.29 is 4.79 Å². The summed E-state index contributed by atoms with van der Waals surface area (Å²) >= 11 is 0. The molecule has 3 rings (SSSR count). The number of nitrogens with zero attached hydrogens (tertiary/aromatic N) is 4. The summed E-state index contributed by atoms with van der Waals surface area (Å²) in [4.78, 5) is 18.4. The second kappa shape index (κ2) is 5.31. The van der Waals surface area contributed by atoms with E-state index in [2.05, 4.69) is 17.0 Å². The average molecular weight is 284 g/mol. The Kier molecular flexibility index (Phi) is 3.49. The minimum absolute atomic E-state index is 0.0744. The third-order valence-electron chi connectivity index (χ3n) is 3.90. The van der Waals surface area contributed by atoms with Crippen LogP contribution in [0.25, 0.3) is 0 Å². The van der Waals surface area contributed by atoms with Crippen LogP contribution >= 0.6 is 0 Å². The van der Waals surface area contributed by atoms with E-state index in [0.717, 1.165) is 17.9 Å². The van der Waals surface area contributed by atoms with Crippen LogP contribution in [0.4, 0.5) is 5.69 Å². The van der Waals surface area contributed by atoms with Gasteiger partial charge in [-0.15, -0.1) is 0 Å². The lowest BCUT2D eigenvalue weighted by molar-refractivity contribution is 0.0987. The molecule has 5 heteroatoms. The molecule has 0 saturated heterocycles. The van der Waals surface area contributed by atoms with Crippen molar-refractivity contribution in [3.05, 3.63) is 41.5 Å². The Morgan fingerprint density at radius 3 is 2.81 bits per heavy atom. The maximum Gasteiger partial charge on any atom is 0.278 e. The van der Waals surface area contributed by atoms with E-state index >= 15 is 0 Å². The number of carbonyl (C=O) groups excluding carboxylic acids is 1. The predicted octanol–water partition coefficient (Wildman–Crippen LogP) is 2.76. The first-order chi connectivity index (χ1) is 10.1. The normalized spacial score (nSPS) is 14.2. The first-order valence-electron chi connectivity index (χ1n) is 7.38. The highest BCUT2D eigenvalue weighted by atomic mass is 16.2. The van der Waals surface area contributed by atoms with Gasteiger partial charge in [-0.05, 0) is 44.9 Å². The largest absolute Gasteiger partial charge is 0.310 e.